The number of hydrogen-bond donors (Lipinski definition) is 0. The van der Waals surface area contributed by atoms with Crippen LogP contribution >= 0.6 is 15.9 Å². The van der Waals surface area contributed by atoms with Crippen LogP contribution in [0.3, 0.4) is 0 Å². The van der Waals surface area contributed by atoms with Crippen LogP contribution in [-0.2, 0) is 6.42 Å². The maximum atomic E-state index is 12.6. The molecule has 2 aromatic rings. The number of carbonyl (C=O) groups excluding carboxylic acids is 1. The Kier molecular flexibility index (Phi) is 4.61. The third kappa shape index (κ3) is 2.93. The highest BCUT2D eigenvalue weighted by Crippen LogP contribution is 2.33. The van der Waals surface area contributed by atoms with Gasteiger partial charge < -0.3 is 4.74 Å². The molecule has 0 aliphatic carbocycles. The molecule has 0 saturated carbocycles. The van der Waals surface area contributed by atoms with Gasteiger partial charge in [-0.2, -0.15) is 0 Å². The highest BCUT2D eigenvalue weighted by Gasteiger charge is 2.19. The Morgan fingerprint density at radius 3 is 2.45 bits per heavy atom. The van der Waals surface area contributed by atoms with Crippen molar-refractivity contribution in [3.05, 3.63) is 63.1 Å². The molecule has 0 spiro atoms. The summed E-state index contributed by atoms with van der Waals surface area (Å²) in [6.45, 7) is 3.88. The number of benzene rings is 2. The van der Waals surface area contributed by atoms with E-state index in [1.165, 1.54) is 0 Å². The first-order valence-electron chi connectivity index (χ1n) is 6.45. The fourth-order valence-electron chi connectivity index (χ4n) is 2.32. The summed E-state index contributed by atoms with van der Waals surface area (Å²) < 4.78 is 6.37. The summed E-state index contributed by atoms with van der Waals surface area (Å²) in [4.78, 5) is 12.6. The van der Waals surface area contributed by atoms with Gasteiger partial charge in [0.15, 0.2) is 5.78 Å². The first kappa shape index (κ1) is 14.8. The predicted octanol–water partition coefficient (Wildman–Crippen LogP) is 4.50. The zero-order chi connectivity index (χ0) is 14.7. The van der Waals surface area contributed by atoms with E-state index in [0.717, 1.165) is 21.2 Å². The number of aryl methyl sites for hydroxylation is 1. The lowest BCUT2D eigenvalue weighted by molar-refractivity contribution is 0.0989. The van der Waals surface area contributed by atoms with Crippen LogP contribution < -0.4 is 4.74 Å². The average molecular weight is 333 g/mol. The molecule has 0 atom stereocenters. The average Bonchev–Trinajstić information content (AvgIpc) is 2.43. The predicted molar refractivity (Wildman–Crippen MR) is 84.6 cm³/mol. The van der Waals surface area contributed by atoms with Gasteiger partial charge in [0.1, 0.15) is 5.75 Å². The fraction of sp³-hybridized carbons (Fsp3) is 0.235. The number of methoxy groups -OCH3 is 1. The van der Waals surface area contributed by atoms with E-state index in [9.17, 15) is 4.79 Å². The van der Waals surface area contributed by atoms with Crippen molar-refractivity contribution >= 4 is 21.7 Å². The second kappa shape index (κ2) is 6.23. The van der Waals surface area contributed by atoms with E-state index >= 15 is 0 Å². The summed E-state index contributed by atoms with van der Waals surface area (Å²) in [5, 5.41) is 0. The van der Waals surface area contributed by atoms with E-state index < -0.39 is 0 Å². The van der Waals surface area contributed by atoms with E-state index in [1.54, 1.807) is 7.11 Å². The second-order valence-corrected chi connectivity index (χ2v) is 5.65. The molecule has 0 aliphatic rings. The van der Waals surface area contributed by atoms with Gasteiger partial charge in [-0.3, -0.25) is 4.79 Å². The summed E-state index contributed by atoms with van der Waals surface area (Å²) in [5.41, 5.74) is 3.56. The lowest BCUT2D eigenvalue weighted by Gasteiger charge is -2.15. The van der Waals surface area contributed by atoms with Crippen molar-refractivity contribution in [1.29, 1.82) is 0 Å². The molecule has 0 unspecified atom stereocenters. The van der Waals surface area contributed by atoms with Crippen LogP contribution in [0.1, 0.15) is 27.0 Å². The molecule has 2 nitrogen and oxygen atoms in total. The van der Waals surface area contributed by atoms with Gasteiger partial charge in [-0.25, -0.2) is 0 Å². The first-order chi connectivity index (χ1) is 9.54. The Morgan fingerprint density at radius 2 is 1.85 bits per heavy atom. The van der Waals surface area contributed by atoms with Crippen molar-refractivity contribution < 1.29 is 9.53 Å². The minimum atomic E-state index is 0.0787. The molecule has 0 saturated heterocycles. The highest BCUT2D eigenvalue weighted by atomic mass is 79.9. The smallest absolute Gasteiger partial charge is 0.171 e. The van der Waals surface area contributed by atoms with Crippen LogP contribution in [0.5, 0.6) is 5.75 Å². The van der Waals surface area contributed by atoms with Crippen molar-refractivity contribution in [2.24, 2.45) is 0 Å². The summed E-state index contributed by atoms with van der Waals surface area (Å²) in [7, 11) is 1.61. The number of ketones is 1. The van der Waals surface area contributed by atoms with E-state index in [2.05, 4.69) is 15.9 Å². The molecule has 20 heavy (non-hydrogen) atoms. The van der Waals surface area contributed by atoms with Crippen molar-refractivity contribution in [2.75, 3.05) is 7.11 Å². The van der Waals surface area contributed by atoms with Gasteiger partial charge in [0, 0.05) is 10.9 Å². The molecule has 0 aliphatic heterocycles. The SMILES string of the molecule is COc1c(C)cc(Br)c(C)c1C(=O)Cc1ccccc1. The zero-order valence-corrected chi connectivity index (χ0v) is 13.5. The number of halogens is 1. The molecule has 104 valence electrons. The van der Waals surface area contributed by atoms with Crippen molar-refractivity contribution in [2.45, 2.75) is 20.3 Å². The summed E-state index contributed by atoms with van der Waals surface area (Å²) in [5.74, 6) is 0.751. The monoisotopic (exact) mass is 332 g/mol. The number of ether oxygens (including phenoxy) is 1. The quantitative estimate of drug-likeness (QED) is 0.770. The van der Waals surface area contributed by atoms with E-state index in [4.69, 9.17) is 4.74 Å². The number of Topliss-reactive ketones (excluding diaryl/α,β-unsaturated/α-hetero) is 1. The van der Waals surface area contributed by atoms with Gasteiger partial charge in [0.25, 0.3) is 0 Å². The first-order valence-corrected chi connectivity index (χ1v) is 7.24. The van der Waals surface area contributed by atoms with Gasteiger partial charge in [-0.1, -0.05) is 46.3 Å². The molecule has 0 amide bonds. The van der Waals surface area contributed by atoms with E-state index in [1.807, 2.05) is 50.2 Å². The second-order valence-electron chi connectivity index (χ2n) is 4.79. The van der Waals surface area contributed by atoms with E-state index in [0.29, 0.717) is 17.7 Å². The highest BCUT2D eigenvalue weighted by molar-refractivity contribution is 9.10. The van der Waals surface area contributed by atoms with Crippen LogP contribution in [0.15, 0.2) is 40.9 Å². The number of hydrogen-bond acceptors (Lipinski definition) is 2. The Morgan fingerprint density at radius 1 is 1.20 bits per heavy atom. The van der Waals surface area contributed by atoms with Crippen LogP contribution in [0, 0.1) is 13.8 Å². The molecule has 0 heterocycles. The summed E-state index contributed by atoms with van der Waals surface area (Å²) in [6, 6.07) is 11.7. The Balaban J connectivity index is 2.44. The standard InChI is InChI=1S/C17H17BrO2/c1-11-9-14(18)12(2)16(17(11)20-3)15(19)10-13-7-5-4-6-8-13/h4-9H,10H2,1-3H3. The van der Waals surface area contributed by atoms with E-state index in [-0.39, 0.29) is 5.78 Å². The normalized spacial score (nSPS) is 10.4. The molecule has 0 N–H and O–H groups in total. The van der Waals surface area contributed by atoms with Gasteiger partial charge in [-0.15, -0.1) is 0 Å². The largest absolute Gasteiger partial charge is 0.496 e. The molecule has 2 rings (SSSR count). The maximum Gasteiger partial charge on any atom is 0.171 e. The van der Waals surface area contributed by atoms with Gasteiger partial charge in [0.2, 0.25) is 0 Å². The molecular weight excluding hydrogens is 316 g/mol. The Hall–Kier alpha value is -1.61. The Labute approximate surface area is 127 Å². The molecular formula is C17H17BrO2. The maximum absolute atomic E-state index is 12.6. The number of rotatable bonds is 4. The minimum absolute atomic E-state index is 0.0787. The fourth-order valence-corrected chi connectivity index (χ4v) is 2.86. The van der Waals surface area contributed by atoms with Crippen molar-refractivity contribution in [1.82, 2.24) is 0 Å². The molecule has 0 radical (unpaired) electrons. The van der Waals surface area contributed by atoms with Crippen LogP contribution in [0.25, 0.3) is 0 Å². The van der Waals surface area contributed by atoms with Crippen LogP contribution in [0.4, 0.5) is 0 Å². The third-order valence-electron chi connectivity index (χ3n) is 3.35. The lowest BCUT2D eigenvalue weighted by atomic mass is 9.96. The Bertz CT molecular complexity index is 633. The third-order valence-corrected chi connectivity index (χ3v) is 4.18. The van der Waals surface area contributed by atoms with Crippen LogP contribution in [0.2, 0.25) is 0 Å². The van der Waals surface area contributed by atoms with Crippen molar-refractivity contribution in [3.8, 4) is 5.75 Å². The molecule has 0 aromatic heterocycles. The van der Waals surface area contributed by atoms with Crippen molar-refractivity contribution in [3.63, 3.8) is 0 Å². The molecule has 2 aromatic carbocycles. The van der Waals surface area contributed by atoms with Gasteiger partial charge in [-0.05, 0) is 36.6 Å². The van der Waals surface area contributed by atoms with Crippen LogP contribution in [-0.4, -0.2) is 12.9 Å². The van der Waals surface area contributed by atoms with Gasteiger partial charge in [0.05, 0.1) is 12.7 Å². The molecule has 0 bridgehead atoms. The minimum Gasteiger partial charge on any atom is -0.496 e. The topological polar surface area (TPSA) is 26.3 Å². The zero-order valence-electron chi connectivity index (χ0n) is 11.9. The summed E-state index contributed by atoms with van der Waals surface area (Å²) >= 11 is 3.51. The molecule has 0 fully saturated rings. The lowest BCUT2D eigenvalue weighted by Crippen LogP contribution is -2.09. The number of carbonyl (C=O) groups is 1. The van der Waals surface area contributed by atoms with Gasteiger partial charge >= 0.3 is 0 Å². The summed E-state index contributed by atoms with van der Waals surface area (Å²) in [6.07, 6.45) is 0.383. The molecule has 3 heteroatoms.